The van der Waals surface area contributed by atoms with Gasteiger partial charge >= 0.3 is 5.97 Å². The van der Waals surface area contributed by atoms with Crippen LogP contribution in [0.4, 0.5) is 5.69 Å². The predicted molar refractivity (Wildman–Crippen MR) is 73.4 cm³/mol. The van der Waals surface area contributed by atoms with Crippen LogP contribution in [0.5, 0.6) is 0 Å². The van der Waals surface area contributed by atoms with Gasteiger partial charge in [-0.25, -0.2) is 0 Å². The number of nitrogens with one attached hydrogen (secondary N) is 1. The van der Waals surface area contributed by atoms with E-state index >= 15 is 0 Å². The number of carbonyl (C=O) groups is 2. The Kier molecular flexibility index (Phi) is 4.31. The van der Waals surface area contributed by atoms with Crippen LogP contribution in [-0.4, -0.2) is 28.8 Å². The molecule has 21 heavy (non-hydrogen) atoms. The van der Waals surface area contributed by atoms with Gasteiger partial charge in [0.15, 0.2) is 0 Å². The van der Waals surface area contributed by atoms with Gasteiger partial charge in [0.05, 0.1) is 30.6 Å². The van der Waals surface area contributed by atoms with Crippen LogP contribution in [-0.2, 0) is 16.1 Å². The van der Waals surface area contributed by atoms with E-state index < -0.39 is 5.97 Å². The van der Waals surface area contributed by atoms with Crippen molar-refractivity contribution in [1.82, 2.24) is 9.78 Å². The fourth-order valence-electron chi connectivity index (χ4n) is 1.61. The monoisotopic (exact) mass is 284 g/mol. The second kappa shape index (κ2) is 6.34. The number of hydrogen-bond donors (Lipinski definition) is 1. The number of hydrogen-bond acceptors (Lipinski definition) is 5. The SMILES string of the molecule is COC(=O)Cn1cc(NC(=O)c2ccc(C#N)cc2)cn1. The van der Waals surface area contributed by atoms with Gasteiger partial charge in [0.25, 0.3) is 5.91 Å². The summed E-state index contributed by atoms with van der Waals surface area (Å²) in [4.78, 5) is 23.1. The molecule has 0 saturated carbocycles. The number of amides is 1. The van der Waals surface area contributed by atoms with Crippen LogP contribution in [0.15, 0.2) is 36.7 Å². The van der Waals surface area contributed by atoms with Gasteiger partial charge in [-0.15, -0.1) is 0 Å². The van der Waals surface area contributed by atoms with Gasteiger partial charge in [-0.1, -0.05) is 0 Å². The third-order valence-corrected chi connectivity index (χ3v) is 2.69. The fourth-order valence-corrected chi connectivity index (χ4v) is 1.61. The summed E-state index contributed by atoms with van der Waals surface area (Å²) in [5.74, 6) is -0.750. The van der Waals surface area contributed by atoms with Crippen molar-refractivity contribution in [2.75, 3.05) is 12.4 Å². The average Bonchev–Trinajstić information content (AvgIpc) is 2.94. The van der Waals surface area contributed by atoms with Crippen molar-refractivity contribution in [3.63, 3.8) is 0 Å². The van der Waals surface area contributed by atoms with Crippen LogP contribution in [0.2, 0.25) is 0 Å². The minimum atomic E-state index is -0.428. The minimum Gasteiger partial charge on any atom is -0.468 e. The molecule has 7 nitrogen and oxygen atoms in total. The maximum absolute atomic E-state index is 12.0. The number of benzene rings is 1. The summed E-state index contributed by atoms with van der Waals surface area (Å²) in [6.45, 7) is -0.0246. The van der Waals surface area contributed by atoms with Gasteiger partial charge in [0.1, 0.15) is 6.54 Å². The van der Waals surface area contributed by atoms with E-state index in [1.807, 2.05) is 6.07 Å². The third kappa shape index (κ3) is 3.67. The molecule has 0 unspecified atom stereocenters. The van der Waals surface area contributed by atoms with Crippen molar-refractivity contribution in [3.8, 4) is 6.07 Å². The molecule has 1 amide bonds. The molecule has 0 radical (unpaired) electrons. The molecular weight excluding hydrogens is 272 g/mol. The molecule has 1 N–H and O–H groups in total. The molecule has 0 aliphatic carbocycles. The molecule has 0 atom stereocenters. The zero-order chi connectivity index (χ0) is 15.2. The maximum atomic E-state index is 12.0. The van der Waals surface area contributed by atoms with E-state index in [0.29, 0.717) is 16.8 Å². The smallest absolute Gasteiger partial charge is 0.327 e. The van der Waals surface area contributed by atoms with E-state index in [1.54, 1.807) is 24.3 Å². The van der Waals surface area contributed by atoms with Gasteiger partial charge in [-0.2, -0.15) is 10.4 Å². The molecule has 0 bridgehead atoms. The zero-order valence-electron chi connectivity index (χ0n) is 11.2. The largest absolute Gasteiger partial charge is 0.468 e. The topological polar surface area (TPSA) is 97.0 Å². The van der Waals surface area contributed by atoms with E-state index in [2.05, 4.69) is 15.2 Å². The normalized spacial score (nSPS) is 9.71. The Morgan fingerprint density at radius 1 is 1.38 bits per heavy atom. The zero-order valence-corrected chi connectivity index (χ0v) is 11.2. The standard InChI is InChI=1S/C14H12N4O3/c1-21-13(19)9-18-8-12(7-16-18)17-14(20)11-4-2-10(6-15)3-5-11/h2-5,7-8H,9H2,1H3,(H,17,20). The molecule has 0 aliphatic rings. The Morgan fingerprint density at radius 2 is 2.10 bits per heavy atom. The van der Waals surface area contributed by atoms with E-state index in [9.17, 15) is 9.59 Å². The van der Waals surface area contributed by atoms with Crippen LogP contribution in [0.3, 0.4) is 0 Å². The van der Waals surface area contributed by atoms with Gasteiger partial charge in [0, 0.05) is 11.8 Å². The van der Waals surface area contributed by atoms with Crippen LogP contribution in [0, 0.1) is 11.3 Å². The van der Waals surface area contributed by atoms with Crippen molar-refractivity contribution in [2.24, 2.45) is 0 Å². The molecule has 1 heterocycles. The summed E-state index contributed by atoms with van der Waals surface area (Å²) in [6.07, 6.45) is 2.96. The number of aromatic nitrogens is 2. The van der Waals surface area contributed by atoms with Crippen molar-refractivity contribution >= 4 is 17.6 Å². The third-order valence-electron chi connectivity index (χ3n) is 2.69. The maximum Gasteiger partial charge on any atom is 0.327 e. The Labute approximate surface area is 120 Å². The van der Waals surface area contributed by atoms with E-state index in [0.717, 1.165) is 0 Å². The molecule has 0 spiro atoms. The number of ether oxygens (including phenoxy) is 1. The summed E-state index contributed by atoms with van der Waals surface area (Å²) in [5, 5.41) is 15.3. The summed E-state index contributed by atoms with van der Waals surface area (Å²) in [5.41, 5.74) is 1.38. The lowest BCUT2D eigenvalue weighted by Gasteiger charge is -2.02. The highest BCUT2D eigenvalue weighted by Crippen LogP contribution is 2.09. The lowest BCUT2D eigenvalue weighted by atomic mass is 10.1. The molecule has 2 rings (SSSR count). The molecular formula is C14H12N4O3. The number of anilines is 1. The van der Waals surface area contributed by atoms with Crippen molar-refractivity contribution in [3.05, 3.63) is 47.8 Å². The highest BCUT2D eigenvalue weighted by molar-refractivity contribution is 6.04. The molecule has 0 saturated heterocycles. The van der Waals surface area contributed by atoms with Gasteiger partial charge in [0.2, 0.25) is 0 Å². The minimum absolute atomic E-state index is 0.0246. The molecule has 0 fully saturated rings. The first-order valence-corrected chi connectivity index (χ1v) is 6.03. The Hall–Kier alpha value is -3.14. The number of rotatable bonds is 4. The molecule has 106 valence electrons. The summed E-state index contributed by atoms with van der Waals surface area (Å²) < 4.78 is 5.88. The van der Waals surface area contributed by atoms with E-state index in [-0.39, 0.29) is 12.5 Å². The molecule has 0 aliphatic heterocycles. The fraction of sp³-hybridized carbons (Fsp3) is 0.143. The quantitative estimate of drug-likeness (QED) is 0.850. The van der Waals surface area contributed by atoms with Gasteiger partial charge in [-0.3, -0.25) is 14.3 Å². The van der Waals surface area contributed by atoms with Crippen LogP contribution < -0.4 is 5.32 Å². The number of esters is 1. The Balaban J connectivity index is 2.02. The van der Waals surface area contributed by atoms with E-state index in [4.69, 9.17) is 5.26 Å². The van der Waals surface area contributed by atoms with Crippen LogP contribution in [0.25, 0.3) is 0 Å². The van der Waals surface area contributed by atoms with Gasteiger partial charge < -0.3 is 10.1 Å². The highest BCUT2D eigenvalue weighted by Gasteiger charge is 2.09. The summed E-state index contributed by atoms with van der Waals surface area (Å²) >= 11 is 0. The first-order valence-electron chi connectivity index (χ1n) is 6.03. The average molecular weight is 284 g/mol. The first kappa shape index (κ1) is 14.3. The summed E-state index contributed by atoms with van der Waals surface area (Å²) in [7, 11) is 1.29. The van der Waals surface area contributed by atoms with Crippen LogP contribution in [0.1, 0.15) is 15.9 Å². The Morgan fingerprint density at radius 3 is 2.71 bits per heavy atom. The second-order valence-corrected chi connectivity index (χ2v) is 4.15. The number of methoxy groups -OCH3 is 1. The number of nitrogens with zero attached hydrogens (tertiary/aromatic N) is 3. The lowest BCUT2D eigenvalue weighted by molar-refractivity contribution is -0.141. The van der Waals surface area contributed by atoms with Crippen molar-refractivity contribution in [1.29, 1.82) is 5.26 Å². The van der Waals surface area contributed by atoms with Crippen molar-refractivity contribution < 1.29 is 14.3 Å². The number of carbonyl (C=O) groups excluding carboxylic acids is 2. The van der Waals surface area contributed by atoms with E-state index in [1.165, 1.54) is 24.2 Å². The molecule has 7 heteroatoms. The number of nitriles is 1. The van der Waals surface area contributed by atoms with Gasteiger partial charge in [-0.05, 0) is 24.3 Å². The summed E-state index contributed by atoms with van der Waals surface area (Å²) in [6, 6.07) is 8.24. The molecule has 1 aromatic carbocycles. The highest BCUT2D eigenvalue weighted by atomic mass is 16.5. The second-order valence-electron chi connectivity index (χ2n) is 4.15. The lowest BCUT2D eigenvalue weighted by Crippen LogP contribution is -2.12. The molecule has 1 aromatic heterocycles. The van der Waals surface area contributed by atoms with Crippen LogP contribution >= 0.6 is 0 Å². The van der Waals surface area contributed by atoms with Crippen molar-refractivity contribution in [2.45, 2.75) is 6.54 Å². The predicted octanol–water partition coefficient (Wildman–Crippen LogP) is 1.18. The molecule has 2 aromatic rings. The Bertz CT molecular complexity index is 698. The first-order chi connectivity index (χ1) is 10.1.